The Morgan fingerprint density at radius 1 is 1.08 bits per heavy atom. The first-order chi connectivity index (χ1) is 17.7. The Labute approximate surface area is 209 Å². The highest BCUT2D eigenvalue weighted by molar-refractivity contribution is 5.95. The van der Waals surface area contributed by atoms with Crippen LogP contribution in [-0.4, -0.2) is 75.3 Å². The molecule has 4 heterocycles. The number of furan rings is 1. The fourth-order valence-electron chi connectivity index (χ4n) is 4.22. The summed E-state index contributed by atoms with van der Waals surface area (Å²) in [4.78, 5) is 26.6. The molecule has 0 unspecified atom stereocenters. The molecule has 36 heavy (non-hydrogen) atoms. The van der Waals surface area contributed by atoms with Crippen LogP contribution in [0, 0.1) is 0 Å². The number of benzene rings is 1. The molecule has 0 saturated carbocycles. The third-order valence-electron chi connectivity index (χ3n) is 6.12. The summed E-state index contributed by atoms with van der Waals surface area (Å²) in [7, 11) is 1.59. The summed E-state index contributed by atoms with van der Waals surface area (Å²) in [5.74, 6) is 0.923. The van der Waals surface area contributed by atoms with Gasteiger partial charge in [0.1, 0.15) is 5.69 Å². The lowest BCUT2D eigenvalue weighted by molar-refractivity contribution is 0.0645. The van der Waals surface area contributed by atoms with Crippen molar-refractivity contribution >= 4 is 12.0 Å². The number of ether oxygens (including phenoxy) is 1. The maximum atomic E-state index is 13.4. The zero-order valence-electron chi connectivity index (χ0n) is 20.2. The van der Waals surface area contributed by atoms with E-state index >= 15 is 0 Å². The van der Waals surface area contributed by atoms with Crippen LogP contribution in [0.3, 0.4) is 0 Å². The molecule has 9 nitrogen and oxygen atoms in total. The van der Waals surface area contributed by atoms with Crippen LogP contribution in [0.25, 0.3) is 23.5 Å². The van der Waals surface area contributed by atoms with Gasteiger partial charge in [-0.05, 0) is 23.8 Å². The average molecular weight is 485 g/mol. The molecule has 184 valence electrons. The van der Waals surface area contributed by atoms with Crippen molar-refractivity contribution in [3.63, 3.8) is 0 Å². The molecule has 0 spiro atoms. The second-order valence-electron chi connectivity index (χ2n) is 8.47. The van der Waals surface area contributed by atoms with Crippen LogP contribution in [0.5, 0.6) is 0 Å². The zero-order valence-corrected chi connectivity index (χ0v) is 20.2. The maximum absolute atomic E-state index is 13.4. The summed E-state index contributed by atoms with van der Waals surface area (Å²) in [6.07, 6.45) is 9.12. The molecule has 0 N–H and O–H groups in total. The minimum Gasteiger partial charge on any atom is -0.463 e. The van der Waals surface area contributed by atoms with E-state index in [-0.39, 0.29) is 12.5 Å². The van der Waals surface area contributed by atoms with Crippen LogP contribution >= 0.6 is 0 Å². The van der Waals surface area contributed by atoms with Gasteiger partial charge in [0.15, 0.2) is 5.76 Å². The molecule has 1 aliphatic heterocycles. The Kier molecular flexibility index (Phi) is 7.30. The van der Waals surface area contributed by atoms with Gasteiger partial charge >= 0.3 is 0 Å². The molecule has 1 aliphatic rings. The first kappa shape index (κ1) is 23.7. The molecule has 1 aromatic carbocycles. The highest BCUT2D eigenvalue weighted by atomic mass is 16.5. The second kappa shape index (κ2) is 11.1. The molecule has 0 aliphatic carbocycles. The van der Waals surface area contributed by atoms with E-state index in [9.17, 15) is 4.79 Å². The Bertz CT molecular complexity index is 1310. The van der Waals surface area contributed by atoms with Gasteiger partial charge in [0.05, 0.1) is 30.3 Å². The number of carbonyl (C=O) groups excluding carboxylic acids is 1. The number of methoxy groups -OCH3 is 1. The normalized spacial score (nSPS) is 14.5. The molecule has 5 rings (SSSR count). The molecule has 0 bridgehead atoms. The van der Waals surface area contributed by atoms with Crippen molar-refractivity contribution in [1.29, 1.82) is 0 Å². The van der Waals surface area contributed by atoms with Crippen molar-refractivity contribution in [3.8, 4) is 17.4 Å². The molecule has 4 aromatic rings. The quantitative estimate of drug-likeness (QED) is 0.378. The lowest BCUT2D eigenvalue weighted by Gasteiger charge is -2.34. The summed E-state index contributed by atoms with van der Waals surface area (Å²) in [6.45, 7) is 3.99. The fourth-order valence-corrected chi connectivity index (χ4v) is 4.22. The number of hydrogen-bond donors (Lipinski definition) is 0. The largest absolute Gasteiger partial charge is 0.463 e. The number of amides is 1. The summed E-state index contributed by atoms with van der Waals surface area (Å²) in [5.41, 5.74) is 2.94. The molecule has 9 heteroatoms. The predicted octanol–water partition coefficient (Wildman–Crippen LogP) is 3.54. The molecule has 1 amide bonds. The SMILES string of the molecule is COCc1c(C(=O)N2CCN(CC=Cc3ccccc3)CC2)cnn1-c1nccc(-c2ccco2)n1. The third kappa shape index (κ3) is 5.27. The molecular weight excluding hydrogens is 456 g/mol. The molecule has 1 saturated heterocycles. The van der Waals surface area contributed by atoms with E-state index in [1.165, 1.54) is 5.56 Å². The van der Waals surface area contributed by atoms with Crippen LogP contribution in [0.2, 0.25) is 0 Å². The highest BCUT2D eigenvalue weighted by Crippen LogP contribution is 2.21. The van der Waals surface area contributed by atoms with Gasteiger partial charge in [-0.15, -0.1) is 0 Å². The fraction of sp³-hybridized carbons (Fsp3) is 0.259. The van der Waals surface area contributed by atoms with Gasteiger partial charge in [-0.3, -0.25) is 9.69 Å². The Morgan fingerprint density at radius 3 is 2.67 bits per heavy atom. The van der Waals surface area contributed by atoms with Gasteiger partial charge in [0, 0.05) is 46.0 Å². The van der Waals surface area contributed by atoms with Gasteiger partial charge in [0.25, 0.3) is 11.9 Å². The Morgan fingerprint density at radius 2 is 1.92 bits per heavy atom. The number of nitrogens with zero attached hydrogens (tertiary/aromatic N) is 6. The molecule has 1 fully saturated rings. The Balaban J connectivity index is 1.27. The lowest BCUT2D eigenvalue weighted by atomic mass is 10.2. The highest BCUT2D eigenvalue weighted by Gasteiger charge is 2.27. The Hall–Kier alpha value is -4.08. The van der Waals surface area contributed by atoms with Gasteiger partial charge in [-0.25, -0.2) is 9.97 Å². The van der Waals surface area contributed by atoms with Crippen molar-refractivity contribution in [2.24, 2.45) is 0 Å². The molecular formula is C27H28N6O3. The van der Waals surface area contributed by atoms with E-state index in [0.29, 0.717) is 41.7 Å². The number of rotatable bonds is 8. The second-order valence-corrected chi connectivity index (χ2v) is 8.47. The van der Waals surface area contributed by atoms with Crippen molar-refractivity contribution < 1.29 is 13.9 Å². The number of carbonyl (C=O) groups is 1. The molecule has 0 radical (unpaired) electrons. The standard InChI is InChI=1S/C27H28N6O3/c1-35-20-24-22(19-29-33(24)27-28-12-11-23(30-27)25-10-6-18-36-25)26(34)32-16-14-31(15-17-32)13-5-9-21-7-3-2-4-8-21/h2-12,18-19H,13-17,20H2,1H3. The van der Waals surface area contributed by atoms with Crippen molar-refractivity contribution in [1.82, 2.24) is 29.5 Å². The van der Waals surface area contributed by atoms with Crippen LogP contribution in [0.1, 0.15) is 21.6 Å². The molecule has 0 atom stereocenters. The number of hydrogen-bond acceptors (Lipinski definition) is 7. The summed E-state index contributed by atoms with van der Waals surface area (Å²) in [5, 5.41) is 4.44. The summed E-state index contributed by atoms with van der Waals surface area (Å²) >= 11 is 0. The van der Waals surface area contributed by atoms with E-state index in [2.05, 4.69) is 44.3 Å². The van der Waals surface area contributed by atoms with E-state index in [4.69, 9.17) is 9.15 Å². The number of aromatic nitrogens is 4. The van der Waals surface area contributed by atoms with Gasteiger partial charge in [-0.1, -0.05) is 42.5 Å². The van der Waals surface area contributed by atoms with Crippen LogP contribution in [0.15, 0.2) is 77.7 Å². The van der Waals surface area contributed by atoms with Crippen molar-refractivity contribution in [2.45, 2.75) is 6.61 Å². The zero-order chi connectivity index (χ0) is 24.7. The first-order valence-electron chi connectivity index (χ1n) is 11.9. The first-order valence-corrected chi connectivity index (χ1v) is 11.9. The summed E-state index contributed by atoms with van der Waals surface area (Å²) in [6, 6.07) is 15.7. The van der Waals surface area contributed by atoms with Gasteiger partial charge in [0.2, 0.25) is 0 Å². The van der Waals surface area contributed by atoms with Crippen LogP contribution in [0.4, 0.5) is 0 Å². The van der Waals surface area contributed by atoms with Gasteiger partial charge in [-0.2, -0.15) is 9.78 Å². The lowest BCUT2D eigenvalue weighted by Crippen LogP contribution is -2.48. The van der Waals surface area contributed by atoms with Crippen LogP contribution in [-0.2, 0) is 11.3 Å². The van der Waals surface area contributed by atoms with E-state index in [1.54, 1.807) is 42.6 Å². The van der Waals surface area contributed by atoms with E-state index < -0.39 is 0 Å². The minimum atomic E-state index is -0.0602. The number of piperazine rings is 1. The molecule has 3 aromatic heterocycles. The van der Waals surface area contributed by atoms with E-state index in [1.807, 2.05) is 29.2 Å². The third-order valence-corrected chi connectivity index (χ3v) is 6.12. The van der Waals surface area contributed by atoms with Crippen LogP contribution < -0.4 is 0 Å². The smallest absolute Gasteiger partial charge is 0.257 e. The topological polar surface area (TPSA) is 89.5 Å². The minimum absolute atomic E-state index is 0.0602. The van der Waals surface area contributed by atoms with Crippen molar-refractivity contribution in [3.05, 3.63) is 90.1 Å². The van der Waals surface area contributed by atoms with E-state index in [0.717, 1.165) is 19.6 Å². The maximum Gasteiger partial charge on any atom is 0.257 e. The predicted molar refractivity (Wildman–Crippen MR) is 135 cm³/mol. The average Bonchev–Trinajstić information content (AvgIpc) is 3.61. The van der Waals surface area contributed by atoms with Gasteiger partial charge < -0.3 is 14.1 Å². The van der Waals surface area contributed by atoms with Crippen molar-refractivity contribution in [2.75, 3.05) is 39.8 Å². The monoisotopic (exact) mass is 484 g/mol. The summed E-state index contributed by atoms with van der Waals surface area (Å²) < 4.78 is 12.4.